The molecule has 1 aliphatic carbocycles. The molecule has 4 heterocycles. The second-order valence-corrected chi connectivity index (χ2v) is 31.6. The van der Waals surface area contributed by atoms with Crippen LogP contribution in [-0.4, -0.2) is 33.3 Å². The molecule has 11 rings (SSSR count). The minimum atomic E-state index is -0.584. The molecule has 13 atom stereocenters. The van der Waals surface area contributed by atoms with Gasteiger partial charge in [0.2, 0.25) is 0 Å². The Hall–Kier alpha value is -3.04. The standard InChI is InChI=1S/C63H76N2P4/c1-5-7-42-64(66-47(4)46(3)44-52-34-21-23-37-56(52)66)69-61(50-30-17-11-18-31-50)45-55(63(69)51-32-19-12-20-33-51)53-36-25-39-60-62(53)54-35-22-24-38-59(54)68(60)65(43-8-6-2)67-57(48-26-13-9-14-27-48)40-41-58(67)49-28-15-10-16-29-49/h9-24,26-35,37-38,46-47,53,55,57-58,60-63H,5-8,25,36,39-45H2,1-4H3/t46?,47-,53?,55?,57-,58-,60?,61-,62?,63+,66?,68?,69?/m0/s1. The van der Waals surface area contributed by atoms with Crippen LogP contribution in [0.5, 0.6) is 0 Å². The molecule has 1 saturated carbocycles. The largest absolute Gasteiger partial charge is 0.255 e. The molecule has 0 bridgehead atoms. The first-order valence-corrected chi connectivity index (χ1v) is 32.7. The fraction of sp³-hybridized carbons (Fsp3) is 0.429. The predicted octanol–water partition coefficient (Wildman–Crippen LogP) is 18.1. The van der Waals surface area contributed by atoms with E-state index in [-0.39, 0.29) is 0 Å². The molecule has 5 aliphatic rings. The van der Waals surface area contributed by atoms with Crippen LogP contribution < -0.4 is 10.6 Å². The Morgan fingerprint density at radius 1 is 0.478 bits per heavy atom. The topological polar surface area (TPSA) is 6.48 Å². The molecular weight excluding hydrogens is 909 g/mol. The molecule has 0 radical (unpaired) electrons. The van der Waals surface area contributed by atoms with Gasteiger partial charge < -0.3 is 0 Å². The van der Waals surface area contributed by atoms with E-state index in [9.17, 15) is 0 Å². The van der Waals surface area contributed by atoms with E-state index in [0.717, 1.165) is 0 Å². The van der Waals surface area contributed by atoms with Crippen LogP contribution in [0.15, 0.2) is 170 Å². The van der Waals surface area contributed by atoms with E-state index in [1.807, 2.05) is 0 Å². The highest BCUT2D eigenvalue weighted by Crippen LogP contribution is 2.83. The molecule has 0 N–H and O–H groups in total. The Morgan fingerprint density at radius 2 is 0.986 bits per heavy atom. The first-order valence-electron chi connectivity index (χ1n) is 27.1. The fourth-order valence-electron chi connectivity index (χ4n) is 14.1. The maximum atomic E-state index is 3.31. The normalized spacial score (nSPS) is 30.9. The van der Waals surface area contributed by atoms with Gasteiger partial charge in [0.15, 0.2) is 0 Å². The third kappa shape index (κ3) is 9.35. The van der Waals surface area contributed by atoms with Crippen LogP contribution in [-0.2, 0) is 6.42 Å². The van der Waals surface area contributed by atoms with Gasteiger partial charge in [0.1, 0.15) is 0 Å². The van der Waals surface area contributed by atoms with Crippen molar-refractivity contribution >= 4 is 42.9 Å². The van der Waals surface area contributed by atoms with Crippen molar-refractivity contribution < 1.29 is 0 Å². The number of hydrogen-bond donors (Lipinski definition) is 0. The number of unbranched alkanes of at least 4 members (excludes halogenated alkanes) is 2. The summed E-state index contributed by atoms with van der Waals surface area (Å²) in [5, 5.41) is 3.44. The van der Waals surface area contributed by atoms with Crippen molar-refractivity contribution in [1.29, 1.82) is 0 Å². The van der Waals surface area contributed by atoms with Crippen molar-refractivity contribution in [3.8, 4) is 0 Å². The third-order valence-corrected chi connectivity index (χ3v) is 31.7. The van der Waals surface area contributed by atoms with Crippen molar-refractivity contribution in [3.05, 3.63) is 203 Å². The summed E-state index contributed by atoms with van der Waals surface area (Å²) in [6, 6.07) is 67.7. The van der Waals surface area contributed by atoms with Crippen LogP contribution in [0, 0.1) is 17.8 Å². The van der Waals surface area contributed by atoms with Crippen molar-refractivity contribution in [1.82, 2.24) is 8.88 Å². The first-order chi connectivity index (χ1) is 34.1. The van der Waals surface area contributed by atoms with Gasteiger partial charge in [-0.3, -0.25) is 8.88 Å². The predicted molar refractivity (Wildman–Crippen MR) is 303 cm³/mol. The molecule has 2 nitrogen and oxygen atoms in total. The smallest absolute Gasteiger partial charge is 0.0214 e. The average Bonchev–Trinajstić information content (AvgIpc) is 4.12. The average molecular weight is 985 g/mol. The zero-order chi connectivity index (χ0) is 46.8. The van der Waals surface area contributed by atoms with Crippen LogP contribution in [0.2, 0.25) is 0 Å². The van der Waals surface area contributed by atoms with Gasteiger partial charge in [-0.15, -0.1) is 0 Å². The molecule has 0 spiro atoms. The van der Waals surface area contributed by atoms with Crippen LogP contribution in [0.1, 0.15) is 154 Å². The molecule has 6 heteroatoms. The molecular formula is C63H76N2P4. The fourth-order valence-corrected chi connectivity index (χ4v) is 31.4. The summed E-state index contributed by atoms with van der Waals surface area (Å²) >= 11 is 0. The van der Waals surface area contributed by atoms with Gasteiger partial charge >= 0.3 is 0 Å². The summed E-state index contributed by atoms with van der Waals surface area (Å²) in [7, 11) is -2.09. The summed E-state index contributed by atoms with van der Waals surface area (Å²) in [6.07, 6.45) is 14.2. The van der Waals surface area contributed by atoms with E-state index in [1.54, 1.807) is 44.0 Å². The van der Waals surface area contributed by atoms with Gasteiger partial charge in [-0.25, -0.2) is 0 Å². The molecule has 6 aromatic carbocycles. The van der Waals surface area contributed by atoms with E-state index < -0.39 is 32.3 Å². The molecule has 8 unspecified atom stereocenters. The first kappa shape index (κ1) is 48.2. The van der Waals surface area contributed by atoms with Gasteiger partial charge in [0.25, 0.3) is 0 Å². The second kappa shape index (κ2) is 22.0. The van der Waals surface area contributed by atoms with Crippen LogP contribution in [0.3, 0.4) is 0 Å². The van der Waals surface area contributed by atoms with Gasteiger partial charge in [0.05, 0.1) is 0 Å². The third-order valence-electron chi connectivity index (χ3n) is 17.3. The van der Waals surface area contributed by atoms with E-state index >= 15 is 0 Å². The minimum Gasteiger partial charge on any atom is -0.255 e. The lowest BCUT2D eigenvalue weighted by Crippen LogP contribution is -2.37. The van der Waals surface area contributed by atoms with Gasteiger partial charge in [0, 0.05) is 57.5 Å². The number of fused-ring (bicyclic) bond motifs is 4. The van der Waals surface area contributed by atoms with E-state index in [4.69, 9.17) is 0 Å². The van der Waals surface area contributed by atoms with E-state index in [2.05, 4.69) is 206 Å². The molecule has 69 heavy (non-hydrogen) atoms. The Labute approximate surface area is 421 Å². The quantitative estimate of drug-likeness (QED) is 0.0946. The SMILES string of the molecule is CCCCN(P1c2ccccc2C2C(C3C[C@@H](c4ccccc4)P(N(CCCC)P4c5ccccc5CC(C)[C@@H]4C)[C@@H]3c3ccccc3)CCCC21)P1[C@H](c2ccccc2)CC[C@H]1c1ccccc1. The van der Waals surface area contributed by atoms with Gasteiger partial charge in [-0.05, 0) is 141 Å². The summed E-state index contributed by atoms with van der Waals surface area (Å²) in [6.45, 7) is 12.5. The monoisotopic (exact) mass is 984 g/mol. The van der Waals surface area contributed by atoms with Crippen LogP contribution >= 0.6 is 32.3 Å². The molecule has 2 saturated heterocycles. The Bertz CT molecular complexity index is 2530. The molecule has 358 valence electrons. The number of nitrogens with zero attached hydrogens (tertiary/aromatic N) is 2. The van der Waals surface area contributed by atoms with Crippen molar-refractivity contribution in [2.24, 2.45) is 17.8 Å². The van der Waals surface area contributed by atoms with Crippen molar-refractivity contribution in [2.45, 2.75) is 138 Å². The zero-order valence-electron chi connectivity index (χ0n) is 41.8. The zero-order valence-corrected chi connectivity index (χ0v) is 45.4. The van der Waals surface area contributed by atoms with Gasteiger partial charge in [-0.2, -0.15) is 0 Å². The summed E-state index contributed by atoms with van der Waals surface area (Å²) in [4.78, 5) is 0. The van der Waals surface area contributed by atoms with Crippen LogP contribution in [0.25, 0.3) is 0 Å². The highest BCUT2D eigenvalue weighted by atomic mass is 31.2. The van der Waals surface area contributed by atoms with Crippen LogP contribution in [0.4, 0.5) is 0 Å². The maximum Gasteiger partial charge on any atom is 0.0214 e. The Kier molecular flexibility index (Phi) is 15.4. The lowest BCUT2D eigenvalue weighted by Gasteiger charge is -2.49. The highest BCUT2D eigenvalue weighted by Gasteiger charge is 2.58. The summed E-state index contributed by atoms with van der Waals surface area (Å²) in [5.41, 5.74) is 13.4. The van der Waals surface area contributed by atoms with E-state index in [0.29, 0.717) is 57.6 Å². The molecule has 0 aromatic heterocycles. The maximum absolute atomic E-state index is 3.31. The minimum absolute atomic E-state index is 0.472. The van der Waals surface area contributed by atoms with Gasteiger partial charge in [-0.1, -0.05) is 217 Å². The number of benzene rings is 6. The summed E-state index contributed by atoms with van der Waals surface area (Å²) < 4.78 is 6.60. The molecule has 0 amide bonds. The van der Waals surface area contributed by atoms with E-state index in [1.165, 1.54) is 83.7 Å². The lowest BCUT2D eigenvalue weighted by atomic mass is 9.67. The highest BCUT2D eigenvalue weighted by molar-refractivity contribution is 7.76. The molecule has 6 aromatic rings. The van der Waals surface area contributed by atoms with Crippen molar-refractivity contribution in [2.75, 3.05) is 13.1 Å². The lowest BCUT2D eigenvalue weighted by molar-refractivity contribution is 0.211. The second-order valence-electron chi connectivity index (χ2n) is 21.3. The summed E-state index contributed by atoms with van der Waals surface area (Å²) in [5.74, 6) is 2.58. The number of rotatable bonds is 15. The Balaban J connectivity index is 1.05. The molecule has 3 fully saturated rings. The number of hydrogen-bond acceptors (Lipinski definition) is 2. The van der Waals surface area contributed by atoms with Crippen molar-refractivity contribution in [3.63, 3.8) is 0 Å². The Morgan fingerprint density at radius 3 is 1.58 bits per heavy atom. The molecule has 4 aliphatic heterocycles.